The fourth-order valence-corrected chi connectivity index (χ4v) is 13.1. The third-order valence-electron chi connectivity index (χ3n) is 16.2. The van der Waals surface area contributed by atoms with E-state index in [0.717, 1.165) is 33.5 Å². The van der Waals surface area contributed by atoms with Crippen molar-refractivity contribution in [3.63, 3.8) is 0 Å². The van der Waals surface area contributed by atoms with Crippen LogP contribution in [0, 0.1) is 0 Å². The van der Waals surface area contributed by atoms with Crippen molar-refractivity contribution >= 4 is 54.1 Å². The van der Waals surface area contributed by atoms with E-state index < -0.39 is 5.41 Å². The van der Waals surface area contributed by atoms with Crippen molar-refractivity contribution in [1.29, 1.82) is 0 Å². The molecule has 0 saturated carbocycles. The fourth-order valence-electron chi connectivity index (χ4n) is 13.1. The molecule has 2 aliphatic rings. The molecule has 0 bridgehead atoms. The molecule has 2 aliphatic carbocycles. The monoisotopic (exact) mass is 937 g/mol. The predicted molar refractivity (Wildman–Crippen MR) is 307 cm³/mol. The molecule has 0 N–H and O–H groups in total. The lowest BCUT2D eigenvalue weighted by atomic mass is 9.70. The summed E-state index contributed by atoms with van der Waals surface area (Å²) in [5, 5.41) is 9.69. The SMILES string of the molecule is c1ccc(-c2cc(-c3ccccc3)nc(-n3c4cc5c(cc4c4cc6ccccc6cc43)-c3ccccc3C53c4ccccc4-c4ccc(-c5c6ccccc6c(-c6ccccc6)c6ccccc56)cc43)n2)cc1. The van der Waals surface area contributed by atoms with Crippen molar-refractivity contribution in [3.05, 3.63) is 283 Å². The lowest BCUT2D eigenvalue weighted by molar-refractivity contribution is 0.794. The minimum atomic E-state index is -0.633. The van der Waals surface area contributed by atoms with Crippen molar-refractivity contribution in [2.75, 3.05) is 0 Å². The zero-order chi connectivity index (χ0) is 48.5. The van der Waals surface area contributed by atoms with Gasteiger partial charge in [0, 0.05) is 21.9 Å². The Morgan fingerprint density at radius 3 is 1.30 bits per heavy atom. The van der Waals surface area contributed by atoms with Crippen molar-refractivity contribution in [1.82, 2.24) is 14.5 Å². The number of nitrogens with zero attached hydrogens (tertiary/aromatic N) is 3. The first kappa shape index (κ1) is 41.0. The van der Waals surface area contributed by atoms with E-state index in [1.54, 1.807) is 0 Å². The maximum atomic E-state index is 5.52. The second-order valence-corrected chi connectivity index (χ2v) is 19.9. The summed E-state index contributed by atoms with van der Waals surface area (Å²) in [5.74, 6) is 0.636. The molecule has 2 heterocycles. The van der Waals surface area contributed by atoms with Crippen LogP contribution in [-0.2, 0) is 5.41 Å². The summed E-state index contributed by atoms with van der Waals surface area (Å²) in [5.41, 5.74) is 20.5. The molecule has 1 atom stereocenters. The Kier molecular flexibility index (Phi) is 8.66. The zero-order valence-corrected chi connectivity index (χ0v) is 40.2. The molecular weight excluding hydrogens is 895 g/mol. The van der Waals surface area contributed by atoms with Gasteiger partial charge >= 0.3 is 0 Å². The molecule has 3 heteroatoms. The van der Waals surface area contributed by atoms with Crippen LogP contribution in [-0.4, -0.2) is 14.5 Å². The first-order valence-corrected chi connectivity index (χ1v) is 25.6. The van der Waals surface area contributed by atoms with Crippen LogP contribution >= 0.6 is 0 Å². The summed E-state index contributed by atoms with van der Waals surface area (Å²) in [4.78, 5) is 11.0. The molecule has 1 spiro atoms. The first-order chi connectivity index (χ1) is 36.7. The van der Waals surface area contributed by atoms with Crippen LogP contribution in [0.4, 0.5) is 0 Å². The fraction of sp³-hybridized carbons (Fsp3) is 0.0141. The Labute approximate surface area is 428 Å². The van der Waals surface area contributed by atoms with E-state index in [9.17, 15) is 0 Å². The van der Waals surface area contributed by atoms with Gasteiger partial charge in [-0.2, -0.15) is 0 Å². The molecule has 16 rings (SSSR count). The Morgan fingerprint density at radius 1 is 0.270 bits per heavy atom. The number of benzene rings is 12. The molecule has 1 unspecified atom stereocenters. The van der Waals surface area contributed by atoms with Gasteiger partial charge in [0.2, 0.25) is 5.95 Å². The maximum Gasteiger partial charge on any atom is 0.235 e. The van der Waals surface area contributed by atoms with Crippen LogP contribution in [0.25, 0.3) is 127 Å². The zero-order valence-electron chi connectivity index (χ0n) is 40.2. The summed E-state index contributed by atoms with van der Waals surface area (Å²) in [6.45, 7) is 0. The van der Waals surface area contributed by atoms with E-state index in [0.29, 0.717) is 5.95 Å². The molecule has 0 amide bonds. The van der Waals surface area contributed by atoms with Gasteiger partial charge in [-0.05, 0) is 135 Å². The van der Waals surface area contributed by atoms with Crippen LogP contribution < -0.4 is 0 Å². The molecule has 3 nitrogen and oxygen atoms in total. The Balaban J connectivity index is 1.02. The van der Waals surface area contributed by atoms with E-state index in [1.807, 2.05) is 0 Å². The van der Waals surface area contributed by atoms with Gasteiger partial charge in [-0.3, -0.25) is 4.57 Å². The maximum absolute atomic E-state index is 5.52. The van der Waals surface area contributed by atoms with Crippen LogP contribution in [0.5, 0.6) is 0 Å². The van der Waals surface area contributed by atoms with Crippen molar-refractivity contribution in [2.45, 2.75) is 5.41 Å². The second-order valence-electron chi connectivity index (χ2n) is 19.9. The molecule has 342 valence electrons. The Hall–Kier alpha value is -9.70. The van der Waals surface area contributed by atoms with Crippen molar-refractivity contribution in [2.24, 2.45) is 0 Å². The first-order valence-electron chi connectivity index (χ1n) is 25.6. The molecule has 0 aliphatic heterocycles. The van der Waals surface area contributed by atoms with E-state index in [2.05, 4.69) is 265 Å². The molecule has 0 fully saturated rings. The number of hydrogen-bond acceptors (Lipinski definition) is 2. The smallest absolute Gasteiger partial charge is 0.235 e. The number of aromatic nitrogens is 3. The largest absolute Gasteiger partial charge is 0.278 e. The van der Waals surface area contributed by atoms with Crippen LogP contribution in [0.2, 0.25) is 0 Å². The normalized spacial score (nSPS) is 14.3. The average Bonchev–Trinajstić information content (AvgIpc) is 4.09. The van der Waals surface area contributed by atoms with Gasteiger partial charge in [0.1, 0.15) is 0 Å². The highest BCUT2D eigenvalue weighted by Gasteiger charge is 2.52. The lowest BCUT2D eigenvalue weighted by Crippen LogP contribution is -2.26. The van der Waals surface area contributed by atoms with Gasteiger partial charge < -0.3 is 0 Å². The van der Waals surface area contributed by atoms with E-state index in [-0.39, 0.29) is 0 Å². The highest BCUT2D eigenvalue weighted by Crippen LogP contribution is 2.64. The molecular formula is C71H43N3. The molecule has 74 heavy (non-hydrogen) atoms. The summed E-state index contributed by atoms with van der Waals surface area (Å²) >= 11 is 0. The van der Waals surface area contributed by atoms with Crippen LogP contribution in [0.15, 0.2) is 261 Å². The average molecular weight is 938 g/mol. The van der Waals surface area contributed by atoms with Crippen LogP contribution in [0.3, 0.4) is 0 Å². The van der Waals surface area contributed by atoms with Gasteiger partial charge in [-0.15, -0.1) is 0 Å². The minimum absolute atomic E-state index is 0.633. The third-order valence-corrected chi connectivity index (χ3v) is 16.2. The summed E-state index contributed by atoms with van der Waals surface area (Å²) in [7, 11) is 0. The lowest BCUT2D eigenvalue weighted by Gasteiger charge is -2.31. The van der Waals surface area contributed by atoms with E-state index in [4.69, 9.17) is 9.97 Å². The summed E-state index contributed by atoms with van der Waals surface area (Å²) in [6.07, 6.45) is 0. The van der Waals surface area contributed by atoms with E-state index >= 15 is 0 Å². The molecule has 14 aromatic rings. The van der Waals surface area contributed by atoms with Crippen molar-refractivity contribution < 1.29 is 0 Å². The number of hydrogen-bond donors (Lipinski definition) is 0. The van der Waals surface area contributed by atoms with Gasteiger partial charge in [-0.1, -0.05) is 224 Å². The summed E-state index contributed by atoms with van der Waals surface area (Å²) in [6, 6.07) is 96.1. The highest BCUT2D eigenvalue weighted by molar-refractivity contribution is 6.22. The van der Waals surface area contributed by atoms with Crippen molar-refractivity contribution in [3.8, 4) is 73.0 Å². The standard InChI is InChI=1S/C71H43N3/c1-4-20-44(21-5-1)64-43-65(45-22-6-2-7-23-45)73-70(72-64)74-66-40-48-27-11-10-26-47(48)38-58(66)59-41-57-51-29-17-19-35-61(51)71(63(57)42-67(59)74)60-34-18-16-28-50(60)52-37-36-49(39-62(52)71)69-55-32-14-12-30-53(55)68(46-24-8-3-9-25-46)54-31-13-15-33-56(54)69/h1-43H. The molecule has 0 saturated heterocycles. The van der Waals surface area contributed by atoms with Gasteiger partial charge in [0.05, 0.1) is 27.8 Å². The number of rotatable bonds is 5. The quantitative estimate of drug-likeness (QED) is 0.161. The highest BCUT2D eigenvalue weighted by atomic mass is 15.2. The minimum Gasteiger partial charge on any atom is -0.278 e. The predicted octanol–water partition coefficient (Wildman–Crippen LogP) is 18.0. The molecule has 2 aromatic heterocycles. The Bertz CT molecular complexity index is 4530. The molecule has 0 radical (unpaired) electrons. The van der Waals surface area contributed by atoms with Gasteiger partial charge in [0.25, 0.3) is 0 Å². The Morgan fingerprint density at radius 2 is 0.703 bits per heavy atom. The third kappa shape index (κ3) is 5.72. The van der Waals surface area contributed by atoms with E-state index in [1.165, 1.54) is 110 Å². The van der Waals surface area contributed by atoms with Crippen LogP contribution in [0.1, 0.15) is 22.3 Å². The number of fused-ring (bicyclic) bond motifs is 16. The van der Waals surface area contributed by atoms with Gasteiger partial charge in [-0.25, -0.2) is 9.97 Å². The molecule has 12 aromatic carbocycles. The topological polar surface area (TPSA) is 30.7 Å². The van der Waals surface area contributed by atoms with Gasteiger partial charge in [0.15, 0.2) is 0 Å². The second kappa shape index (κ2) is 15.6. The summed E-state index contributed by atoms with van der Waals surface area (Å²) < 4.78 is 2.34.